The number of halogens is 1. The predicted molar refractivity (Wildman–Crippen MR) is 72.2 cm³/mol. The largest absolute Gasteiger partial charge is 0.347 e. The van der Waals surface area contributed by atoms with Gasteiger partial charge in [-0.15, -0.1) is 0 Å². The van der Waals surface area contributed by atoms with Gasteiger partial charge in [0.2, 0.25) is 5.91 Å². The Labute approximate surface area is 115 Å². The summed E-state index contributed by atoms with van der Waals surface area (Å²) in [7, 11) is 3.33. The summed E-state index contributed by atoms with van der Waals surface area (Å²) < 4.78 is 0.600. The first-order chi connectivity index (χ1) is 8.45. The number of carbonyl (C=O) groups is 2. The predicted octanol–water partition coefficient (Wildman–Crippen LogP) is 1.39. The third kappa shape index (κ3) is 3.80. The van der Waals surface area contributed by atoms with Gasteiger partial charge in [-0.2, -0.15) is 0 Å². The molecule has 1 aromatic heterocycles. The van der Waals surface area contributed by atoms with Gasteiger partial charge in [0.1, 0.15) is 16.8 Å². The second-order valence-corrected chi connectivity index (χ2v) is 4.77. The molecular formula is C12H16BrN3O2. The molecule has 0 aliphatic rings. The Morgan fingerprint density at radius 1 is 1.33 bits per heavy atom. The minimum atomic E-state index is -0.242. The lowest BCUT2D eigenvalue weighted by molar-refractivity contribution is -0.129. The van der Waals surface area contributed by atoms with Crippen molar-refractivity contribution in [3.05, 3.63) is 28.5 Å². The van der Waals surface area contributed by atoms with E-state index in [9.17, 15) is 9.59 Å². The molecule has 0 saturated heterocycles. The summed E-state index contributed by atoms with van der Waals surface area (Å²) in [5, 5.41) is 0. The minimum absolute atomic E-state index is 0.0660. The number of hydrogen-bond acceptors (Lipinski definition) is 3. The third-order valence-electron chi connectivity index (χ3n) is 2.43. The zero-order valence-electron chi connectivity index (χ0n) is 10.7. The van der Waals surface area contributed by atoms with Gasteiger partial charge in [0.25, 0.3) is 5.91 Å². The second-order valence-electron chi connectivity index (χ2n) is 3.95. The van der Waals surface area contributed by atoms with Crippen LogP contribution in [0, 0.1) is 0 Å². The molecule has 5 nitrogen and oxygen atoms in total. The third-order valence-corrected chi connectivity index (χ3v) is 2.87. The van der Waals surface area contributed by atoms with Crippen LogP contribution in [0.5, 0.6) is 0 Å². The van der Waals surface area contributed by atoms with Gasteiger partial charge >= 0.3 is 0 Å². The summed E-state index contributed by atoms with van der Waals surface area (Å²) in [6.07, 6.45) is 0. The lowest BCUT2D eigenvalue weighted by atomic mass is 10.3. The standard InChI is InChI=1S/C12H16BrN3O2/c1-4-16(8-11(17)15(2)3)12(18)9-6-5-7-10(13)14-9/h5-7H,4,8H2,1-3H3. The van der Waals surface area contributed by atoms with Gasteiger partial charge in [-0.05, 0) is 35.0 Å². The van der Waals surface area contributed by atoms with Crippen LogP contribution in [-0.2, 0) is 4.79 Å². The first kappa shape index (κ1) is 14.6. The maximum atomic E-state index is 12.2. The molecule has 1 heterocycles. The molecule has 0 aliphatic carbocycles. The zero-order valence-corrected chi connectivity index (χ0v) is 12.3. The number of nitrogens with zero attached hydrogens (tertiary/aromatic N) is 3. The van der Waals surface area contributed by atoms with Crippen LogP contribution >= 0.6 is 15.9 Å². The molecular weight excluding hydrogens is 298 g/mol. The van der Waals surface area contributed by atoms with E-state index < -0.39 is 0 Å². The van der Waals surface area contributed by atoms with Crippen molar-refractivity contribution in [2.24, 2.45) is 0 Å². The highest BCUT2D eigenvalue weighted by atomic mass is 79.9. The van der Waals surface area contributed by atoms with Gasteiger partial charge in [0.05, 0.1) is 0 Å². The maximum Gasteiger partial charge on any atom is 0.272 e. The van der Waals surface area contributed by atoms with E-state index in [4.69, 9.17) is 0 Å². The topological polar surface area (TPSA) is 53.5 Å². The van der Waals surface area contributed by atoms with Crippen LogP contribution in [-0.4, -0.2) is 53.8 Å². The van der Waals surface area contributed by atoms with E-state index in [0.29, 0.717) is 16.8 Å². The van der Waals surface area contributed by atoms with E-state index in [1.54, 1.807) is 32.3 Å². The summed E-state index contributed by atoms with van der Waals surface area (Å²) in [4.78, 5) is 30.8. The molecule has 0 atom stereocenters. The molecule has 0 bridgehead atoms. The molecule has 0 N–H and O–H groups in total. The number of likely N-dealkylation sites (N-methyl/N-ethyl adjacent to an activating group) is 2. The summed E-state index contributed by atoms with van der Waals surface area (Å²) >= 11 is 3.22. The van der Waals surface area contributed by atoms with E-state index in [0.717, 1.165) is 0 Å². The SMILES string of the molecule is CCN(CC(=O)N(C)C)C(=O)c1cccc(Br)n1. The van der Waals surface area contributed by atoms with Crippen molar-refractivity contribution in [1.29, 1.82) is 0 Å². The summed E-state index contributed by atoms with van der Waals surface area (Å²) in [5.74, 6) is -0.353. The number of aromatic nitrogens is 1. The fourth-order valence-corrected chi connectivity index (χ4v) is 1.66. The number of hydrogen-bond donors (Lipinski definition) is 0. The Balaban J connectivity index is 2.83. The number of amides is 2. The van der Waals surface area contributed by atoms with Crippen LogP contribution in [0.15, 0.2) is 22.8 Å². The molecule has 0 aliphatic heterocycles. The van der Waals surface area contributed by atoms with Gasteiger partial charge in [-0.25, -0.2) is 4.98 Å². The number of carbonyl (C=O) groups excluding carboxylic acids is 2. The Morgan fingerprint density at radius 3 is 2.50 bits per heavy atom. The first-order valence-corrected chi connectivity index (χ1v) is 6.37. The fourth-order valence-electron chi connectivity index (χ4n) is 1.32. The fraction of sp³-hybridized carbons (Fsp3) is 0.417. The van der Waals surface area contributed by atoms with Gasteiger partial charge in [-0.3, -0.25) is 9.59 Å². The molecule has 0 saturated carbocycles. The maximum absolute atomic E-state index is 12.2. The molecule has 0 spiro atoms. The molecule has 0 unspecified atom stereocenters. The van der Waals surface area contributed by atoms with Gasteiger partial charge < -0.3 is 9.80 Å². The van der Waals surface area contributed by atoms with Crippen molar-refractivity contribution in [1.82, 2.24) is 14.8 Å². The van der Waals surface area contributed by atoms with Crippen molar-refractivity contribution in [3.8, 4) is 0 Å². The Bertz CT molecular complexity index is 449. The average Bonchev–Trinajstić information content (AvgIpc) is 2.34. The zero-order chi connectivity index (χ0) is 13.7. The lowest BCUT2D eigenvalue weighted by Crippen LogP contribution is -2.40. The normalized spacial score (nSPS) is 10.0. The molecule has 0 fully saturated rings. The van der Waals surface area contributed by atoms with Crippen LogP contribution in [0.4, 0.5) is 0 Å². The monoisotopic (exact) mass is 313 g/mol. The van der Waals surface area contributed by atoms with Crippen molar-refractivity contribution in [3.63, 3.8) is 0 Å². The van der Waals surface area contributed by atoms with Crippen molar-refractivity contribution < 1.29 is 9.59 Å². The quantitative estimate of drug-likeness (QED) is 0.789. The average molecular weight is 314 g/mol. The molecule has 6 heteroatoms. The lowest BCUT2D eigenvalue weighted by Gasteiger charge is -2.21. The van der Waals surface area contributed by atoms with E-state index >= 15 is 0 Å². The minimum Gasteiger partial charge on any atom is -0.347 e. The van der Waals surface area contributed by atoms with Crippen molar-refractivity contribution in [2.75, 3.05) is 27.2 Å². The second kappa shape index (κ2) is 6.49. The smallest absolute Gasteiger partial charge is 0.272 e. The molecule has 2 amide bonds. The van der Waals surface area contributed by atoms with E-state index in [-0.39, 0.29) is 18.4 Å². The van der Waals surface area contributed by atoms with Crippen LogP contribution in [0.1, 0.15) is 17.4 Å². The van der Waals surface area contributed by atoms with Gasteiger partial charge in [0, 0.05) is 20.6 Å². The molecule has 98 valence electrons. The van der Waals surface area contributed by atoms with Crippen molar-refractivity contribution >= 4 is 27.7 Å². The highest BCUT2D eigenvalue weighted by Gasteiger charge is 2.19. The van der Waals surface area contributed by atoms with Crippen LogP contribution < -0.4 is 0 Å². The summed E-state index contributed by atoms with van der Waals surface area (Å²) in [6.45, 7) is 2.36. The molecule has 0 radical (unpaired) electrons. The summed E-state index contributed by atoms with van der Waals surface area (Å²) in [6, 6.07) is 5.12. The highest BCUT2D eigenvalue weighted by molar-refractivity contribution is 9.10. The van der Waals surface area contributed by atoms with Gasteiger partial charge in [-0.1, -0.05) is 6.07 Å². The van der Waals surface area contributed by atoms with Crippen molar-refractivity contribution in [2.45, 2.75) is 6.92 Å². The van der Waals surface area contributed by atoms with E-state index in [1.807, 2.05) is 6.92 Å². The number of pyridine rings is 1. The molecule has 1 aromatic rings. The Morgan fingerprint density at radius 2 is 2.00 bits per heavy atom. The molecule has 1 rings (SSSR count). The molecule has 18 heavy (non-hydrogen) atoms. The summed E-state index contributed by atoms with van der Waals surface area (Å²) in [5.41, 5.74) is 0.331. The van der Waals surface area contributed by atoms with E-state index in [2.05, 4.69) is 20.9 Å². The Kier molecular flexibility index (Phi) is 5.27. The number of rotatable bonds is 4. The first-order valence-electron chi connectivity index (χ1n) is 5.57. The molecule has 0 aromatic carbocycles. The van der Waals surface area contributed by atoms with Gasteiger partial charge in [0.15, 0.2) is 0 Å². The van der Waals surface area contributed by atoms with E-state index in [1.165, 1.54) is 9.80 Å². The van der Waals surface area contributed by atoms with Crippen LogP contribution in [0.2, 0.25) is 0 Å². The Hall–Kier alpha value is -1.43. The van der Waals surface area contributed by atoms with Crippen LogP contribution in [0.25, 0.3) is 0 Å². The highest BCUT2D eigenvalue weighted by Crippen LogP contribution is 2.08. The van der Waals surface area contributed by atoms with Crippen LogP contribution in [0.3, 0.4) is 0 Å².